The van der Waals surface area contributed by atoms with Gasteiger partial charge in [0.05, 0.1) is 0 Å². The lowest BCUT2D eigenvalue weighted by molar-refractivity contribution is -0.448. The highest BCUT2D eigenvalue weighted by Crippen LogP contribution is 2.27. The number of alkyl halides is 2. The van der Waals surface area contributed by atoms with E-state index in [9.17, 15) is 13.6 Å². The van der Waals surface area contributed by atoms with Crippen molar-refractivity contribution >= 4 is 40.8 Å². The van der Waals surface area contributed by atoms with E-state index in [2.05, 4.69) is 15.3 Å². The molecule has 0 aromatic carbocycles. The van der Waals surface area contributed by atoms with Crippen molar-refractivity contribution in [2.75, 3.05) is 5.32 Å². The summed E-state index contributed by atoms with van der Waals surface area (Å²) in [5.74, 6) is 0.549. The molecule has 5 rings (SSSR count). The van der Waals surface area contributed by atoms with E-state index in [0.717, 1.165) is 42.5 Å². The predicted octanol–water partition coefficient (Wildman–Crippen LogP) is 4.47. The maximum absolute atomic E-state index is 13.1. The van der Waals surface area contributed by atoms with E-state index in [4.69, 9.17) is 12.4 Å². The van der Waals surface area contributed by atoms with Crippen LogP contribution in [0, 0.1) is 0 Å². The summed E-state index contributed by atoms with van der Waals surface area (Å²) in [4.78, 5) is 21.5. The number of halogens is 2. The van der Waals surface area contributed by atoms with Crippen molar-refractivity contribution in [3.8, 4) is 0 Å². The van der Waals surface area contributed by atoms with Gasteiger partial charge in [-0.05, 0) is 37.1 Å². The first kappa shape index (κ1) is 21.6. The number of imidazole rings is 1. The highest BCUT2D eigenvalue weighted by Gasteiger charge is 2.35. The fraction of sp³-hybridized carbons (Fsp3) is 0.348. The van der Waals surface area contributed by atoms with E-state index in [0.29, 0.717) is 11.2 Å². The van der Waals surface area contributed by atoms with Crippen LogP contribution in [0.1, 0.15) is 48.2 Å². The van der Waals surface area contributed by atoms with Crippen LogP contribution in [0.4, 0.5) is 14.6 Å². The van der Waals surface area contributed by atoms with Crippen LogP contribution in [0.3, 0.4) is 0 Å². The monoisotopic (exact) mass is 469 g/mol. The summed E-state index contributed by atoms with van der Waals surface area (Å²) in [6.07, 6.45) is 5.43. The second-order valence-electron chi connectivity index (χ2n) is 8.41. The van der Waals surface area contributed by atoms with Gasteiger partial charge in [-0.1, -0.05) is 10.0 Å². The number of aryl methyl sites for hydroxylation is 1. The first-order valence-electron chi connectivity index (χ1n) is 10.9. The highest BCUT2D eigenvalue weighted by atomic mass is 32.1. The molecule has 1 amide bonds. The Kier molecular flexibility index (Phi) is 5.61. The van der Waals surface area contributed by atoms with Gasteiger partial charge in [0, 0.05) is 49.9 Å². The third kappa shape index (κ3) is 3.99. The van der Waals surface area contributed by atoms with E-state index in [-0.39, 0.29) is 23.7 Å². The van der Waals surface area contributed by atoms with Crippen LogP contribution in [-0.4, -0.2) is 40.9 Å². The van der Waals surface area contributed by atoms with Crippen LogP contribution in [-0.2, 0) is 19.5 Å². The summed E-state index contributed by atoms with van der Waals surface area (Å²) in [6, 6.07) is 9.09. The molecule has 4 heterocycles. The smallest absolute Gasteiger partial charge is 0.368 e. The van der Waals surface area contributed by atoms with Crippen LogP contribution in [0.2, 0.25) is 0 Å². The van der Waals surface area contributed by atoms with Gasteiger partial charge < -0.3 is 9.88 Å². The average Bonchev–Trinajstić information content (AvgIpc) is 3.43. The third-order valence-electron chi connectivity index (χ3n) is 6.31. The van der Waals surface area contributed by atoms with Gasteiger partial charge in [-0.3, -0.25) is 4.40 Å². The molecular formula is C23H23F2N6OS+. The number of carbonyl (C=O) groups excluding carboxylic acids is 1. The van der Waals surface area contributed by atoms with Crippen LogP contribution in [0.15, 0.2) is 48.9 Å². The summed E-state index contributed by atoms with van der Waals surface area (Å²) in [6.45, 7) is 0. The lowest BCUT2D eigenvalue weighted by Crippen LogP contribution is -2.37. The number of hydrogen-bond acceptors (Lipinski definition) is 5. The minimum absolute atomic E-state index is 0.0352. The molecule has 0 aliphatic heterocycles. The maximum Gasteiger partial charge on any atom is 0.434 e. The summed E-state index contributed by atoms with van der Waals surface area (Å²) >= 11 is 5.54. The first-order valence-corrected chi connectivity index (χ1v) is 11.2. The molecule has 0 unspecified atom stereocenters. The molecule has 0 saturated heterocycles. The van der Waals surface area contributed by atoms with Crippen LogP contribution < -0.4 is 5.32 Å². The zero-order chi connectivity index (χ0) is 23.1. The van der Waals surface area contributed by atoms with E-state index in [1.54, 1.807) is 28.8 Å². The molecule has 4 aromatic rings. The van der Waals surface area contributed by atoms with Gasteiger partial charge in [-0.25, -0.2) is 23.5 Å². The summed E-state index contributed by atoms with van der Waals surface area (Å²) in [5.41, 5.74) is 1.56. The molecule has 4 aromatic heterocycles. The Balaban J connectivity index is 1.26. The van der Waals surface area contributed by atoms with Crippen molar-refractivity contribution in [3.63, 3.8) is 0 Å². The fourth-order valence-electron chi connectivity index (χ4n) is 4.55. The van der Waals surface area contributed by atoms with Crippen molar-refractivity contribution in [1.29, 1.82) is 0 Å². The van der Waals surface area contributed by atoms with E-state index >= 15 is 0 Å². The number of amides is 1. The molecule has 1 fully saturated rings. The number of nitrogens with one attached hydrogen (secondary N) is 1. The topological polar surface area (TPSA) is 67.2 Å². The number of nitrogens with zero attached hydrogens (tertiary/aromatic N) is 5. The molecule has 170 valence electrons. The van der Waals surface area contributed by atoms with Crippen LogP contribution >= 0.6 is 0 Å². The molecular weight excluding hydrogens is 446 g/mol. The van der Waals surface area contributed by atoms with Crippen molar-refractivity contribution in [3.05, 3.63) is 60.2 Å². The molecule has 0 atom stereocenters. The predicted molar refractivity (Wildman–Crippen MR) is 122 cm³/mol. The number of pyridine rings is 2. The van der Waals surface area contributed by atoms with Gasteiger partial charge in [0.25, 0.3) is 18.9 Å². The molecule has 1 saturated carbocycles. The molecule has 0 bridgehead atoms. The molecule has 10 heteroatoms. The Morgan fingerprint density at radius 2 is 2.00 bits per heavy atom. The molecule has 7 nitrogen and oxygen atoms in total. The molecule has 0 spiro atoms. The van der Waals surface area contributed by atoms with Crippen LogP contribution in [0.5, 0.6) is 0 Å². The fourth-order valence-corrected chi connectivity index (χ4v) is 4.86. The number of aromatic nitrogens is 4. The molecule has 1 aliphatic carbocycles. The van der Waals surface area contributed by atoms with Crippen molar-refractivity contribution in [2.45, 2.75) is 44.2 Å². The van der Waals surface area contributed by atoms with E-state index < -0.39 is 6.43 Å². The molecule has 1 N–H and O–H groups in total. The average molecular weight is 470 g/mol. The first-order chi connectivity index (χ1) is 15.9. The Morgan fingerprint density at radius 3 is 2.76 bits per heavy atom. The van der Waals surface area contributed by atoms with Crippen LogP contribution in [0.25, 0.3) is 16.7 Å². The normalized spacial score (nSPS) is 18.8. The number of carbonyl (C=O) groups is 1. The summed E-state index contributed by atoms with van der Waals surface area (Å²) < 4.78 is 31.1. The maximum atomic E-state index is 13.1. The van der Waals surface area contributed by atoms with Gasteiger partial charge in [0.1, 0.15) is 28.4 Å². The number of anilines is 1. The molecule has 1 aliphatic rings. The Hall–Kier alpha value is -3.27. The van der Waals surface area contributed by atoms with Gasteiger partial charge in [-0.15, -0.1) is 0 Å². The summed E-state index contributed by atoms with van der Waals surface area (Å²) in [7, 11) is 1.89. The Bertz CT molecular complexity index is 1360. The van der Waals surface area contributed by atoms with Gasteiger partial charge in [-0.2, -0.15) is 0 Å². The standard InChI is InChI=1S/C23H23F2N6OS/c1-29-12-10-16-17(9-11-26-22(16)29)23(32)31(33)15-7-5-14(6-8-15)27-19-3-2-4-20-28-18(21(24)25)13-30(19)20/h2-4,9-15,21,27H,5-8H2,1H3/q+1/t14-,15+. The summed E-state index contributed by atoms with van der Waals surface area (Å²) in [5, 5.41) is 4.25. The largest absolute Gasteiger partial charge is 0.434 e. The van der Waals surface area contributed by atoms with Crippen molar-refractivity contribution in [2.24, 2.45) is 7.05 Å². The Labute approximate surface area is 194 Å². The second kappa shape index (κ2) is 8.58. The number of hydrogen-bond donors (Lipinski definition) is 1. The van der Waals surface area contributed by atoms with Gasteiger partial charge >= 0.3 is 5.91 Å². The number of fused-ring (bicyclic) bond motifs is 2. The zero-order valence-electron chi connectivity index (χ0n) is 18.0. The van der Waals surface area contributed by atoms with Gasteiger partial charge in [0.2, 0.25) is 0 Å². The molecule has 0 radical (unpaired) electrons. The number of rotatable bonds is 5. The Morgan fingerprint density at radius 1 is 1.21 bits per heavy atom. The van der Waals surface area contributed by atoms with Crippen molar-refractivity contribution < 1.29 is 17.5 Å². The lowest BCUT2D eigenvalue weighted by Gasteiger charge is -2.26. The minimum atomic E-state index is -2.61. The quantitative estimate of drug-likeness (QED) is 0.437. The van der Waals surface area contributed by atoms with E-state index in [1.165, 1.54) is 10.1 Å². The lowest BCUT2D eigenvalue weighted by atomic mass is 9.91. The van der Waals surface area contributed by atoms with Crippen molar-refractivity contribution in [1.82, 2.24) is 18.9 Å². The molecule has 33 heavy (non-hydrogen) atoms. The zero-order valence-corrected chi connectivity index (χ0v) is 18.8. The van der Waals surface area contributed by atoms with Gasteiger partial charge in [0.15, 0.2) is 6.04 Å². The minimum Gasteiger partial charge on any atom is -0.368 e. The highest BCUT2D eigenvalue weighted by molar-refractivity contribution is 7.44. The SMILES string of the molecule is Cn1ccc2c(C(=O)[N+](=S)[C@H]3CC[C@@H](Nc4cccc5nc(C(F)F)cn45)CC3)ccnc21. The second-order valence-corrected chi connectivity index (χ2v) is 8.80. The third-order valence-corrected chi connectivity index (χ3v) is 6.78. The van der Waals surface area contributed by atoms with E-state index in [1.807, 2.05) is 29.9 Å².